The molecule has 25 heavy (non-hydrogen) atoms. The highest BCUT2D eigenvalue weighted by Gasteiger charge is 2.23. The first-order chi connectivity index (χ1) is 12.1. The standard InChI is InChI=1S/C18H20N2O5/c1-23-15-8-12-5-6-20(11-13(12)9-16(15)24-2)17(21)10-19-18(22)14-4-3-7-25-14/h3-4,7-9H,5-6,10-11H2,1-2H3,(H,19,22). The molecular weight excluding hydrogens is 324 g/mol. The van der Waals surface area contributed by atoms with E-state index in [1.807, 2.05) is 12.1 Å². The number of nitrogens with one attached hydrogen (secondary N) is 1. The Bertz CT molecular complexity index is 770. The second-order valence-electron chi connectivity index (χ2n) is 5.70. The Labute approximate surface area is 145 Å². The topological polar surface area (TPSA) is 81.0 Å². The fourth-order valence-electron chi connectivity index (χ4n) is 2.86. The third-order valence-corrected chi connectivity index (χ3v) is 4.22. The largest absolute Gasteiger partial charge is 0.493 e. The van der Waals surface area contributed by atoms with E-state index in [0.717, 1.165) is 17.5 Å². The molecule has 1 aliphatic rings. The van der Waals surface area contributed by atoms with E-state index in [2.05, 4.69) is 5.32 Å². The number of rotatable bonds is 5. The van der Waals surface area contributed by atoms with Crippen LogP contribution >= 0.6 is 0 Å². The summed E-state index contributed by atoms with van der Waals surface area (Å²) < 4.78 is 15.6. The molecule has 7 heteroatoms. The van der Waals surface area contributed by atoms with Gasteiger partial charge in [-0.15, -0.1) is 0 Å². The van der Waals surface area contributed by atoms with Crippen molar-refractivity contribution < 1.29 is 23.5 Å². The first-order valence-electron chi connectivity index (χ1n) is 7.95. The van der Waals surface area contributed by atoms with E-state index < -0.39 is 5.91 Å². The summed E-state index contributed by atoms with van der Waals surface area (Å²) in [5.41, 5.74) is 2.16. The van der Waals surface area contributed by atoms with E-state index in [1.54, 1.807) is 31.3 Å². The number of carbonyl (C=O) groups excluding carboxylic acids is 2. The maximum absolute atomic E-state index is 12.4. The first-order valence-corrected chi connectivity index (χ1v) is 7.95. The Balaban J connectivity index is 1.63. The van der Waals surface area contributed by atoms with Gasteiger partial charge in [-0.3, -0.25) is 9.59 Å². The Morgan fingerprint density at radius 1 is 1.20 bits per heavy atom. The molecule has 0 spiro atoms. The summed E-state index contributed by atoms with van der Waals surface area (Å²) in [5, 5.41) is 2.58. The van der Waals surface area contributed by atoms with E-state index in [0.29, 0.717) is 24.6 Å². The van der Waals surface area contributed by atoms with E-state index >= 15 is 0 Å². The molecule has 1 aromatic carbocycles. The minimum absolute atomic E-state index is 0.0673. The molecule has 0 aliphatic carbocycles. The molecule has 0 saturated heterocycles. The lowest BCUT2D eigenvalue weighted by Crippen LogP contribution is -2.42. The monoisotopic (exact) mass is 344 g/mol. The third kappa shape index (κ3) is 3.60. The average molecular weight is 344 g/mol. The number of amides is 2. The van der Waals surface area contributed by atoms with Gasteiger partial charge in [0, 0.05) is 13.1 Å². The van der Waals surface area contributed by atoms with Crippen LogP contribution in [0.1, 0.15) is 21.7 Å². The molecule has 132 valence electrons. The van der Waals surface area contributed by atoms with Crippen molar-refractivity contribution in [2.24, 2.45) is 0 Å². The van der Waals surface area contributed by atoms with Crippen LogP contribution < -0.4 is 14.8 Å². The molecular formula is C18H20N2O5. The lowest BCUT2D eigenvalue weighted by Gasteiger charge is -2.29. The maximum Gasteiger partial charge on any atom is 0.287 e. The summed E-state index contributed by atoms with van der Waals surface area (Å²) in [7, 11) is 3.19. The van der Waals surface area contributed by atoms with Gasteiger partial charge in [0.15, 0.2) is 17.3 Å². The fourth-order valence-corrected chi connectivity index (χ4v) is 2.86. The summed E-state index contributed by atoms with van der Waals surface area (Å²) in [6, 6.07) is 7.03. The van der Waals surface area contributed by atoms with Gasteiger partial charge in [0.2, 0.25) is 5.91 Å². The van der Waals surface area contributed by atoms with Crippen molar-refractivity contribution in [2.45, 2.75) is 13.0 Å². The molecule has 7 nitrogen and oxygen atoms in total. The average Bonchev–Trinajstić information content (AvgIpc) is 3.18. The Morgan fingerprint density at radius 2 is 1.92 bits per heavy atom. The Kier molecular flexibility index (Phi) is 4.92. The molecule has 3 rings (SSSR count). The zero-order chi connectivity index (χ0) is 17.8. The van der Waals surface area contributed by atoms with E-state index in [1.165, 1.54) is 6.26 Å². The third-order valence-electron chi connectivity index (χ3n) is 4.22. The van der Waals surface area contributed by atoms with Gasteiger partial charge < -0.3 is 24.1 Å². The first kappa shape index (κ1) is 16.9. The van der Waals surface area contributed by atoms with Gasteiger partial charge in [0.1, 0.15) is 0 Å². The maximum atomic E-state index is 12.4. The van der Waals surface area contributed by atoms with E-state index in [4.69, 9.17) is 13.9 Å². The molecule has 2 aromatic rings. The van der Waals surface area contributed by atoms with Crippen LogP contribution in [0.25, 0.3) is 0 Å². The number of nitrogens with zero attached hydrogens (tertiary/aromatic N) is 1. The summed E-state index contributed by atoms with van der Waals surface area (Å²) in [4.78, 5) is 25.9. The normalized spacial score (nSPS) is 13.1. The molecule has 0 atom stereocenters. The molecule has 0 saturated carbocycles. The molecule has 0 unspecified atom stereocenters. The summed E-state index contributed by atoms with van der Waals surface area (Å²) in [5.74, 6) is 0.976. The van der Waals surface area contributed by atoms with Gasteiger partial charge in [0.25, 0.3) is 5.91 Å². The molecule has 1 aromatic heterocycles. The number of carbonyl (C=O) groups is 2. The summed E-state index contributed by atoms with van der Waals surface area (Å²) >= 11 is 0. The number of fused-ring (bicyclic) bond motifs is 1. The summed E-state index contributed by atoms with van der Waals surface area (Å²) in [6.45, 7) is 1.01. The molecule has 2 heterocycles. The molecule has 1 N–H and O–H groups in total. The quantitative estimate of drug-likeness (QED) is 0.891. The minimum Gasteiger partial charge on any atom is -0.493 e. The smallest absolute Gasteiger partial charge is 0.287 e. The lowest BCUT2D eigenvalue weighted by atomic mass is 9.98. The van der Waals surface area contributed by atoms with E-state index in [-0.39, 0.29) is 18.2 Å². The van der Waals surface area contributed by atoms with Gasteiger partial charge in [-0.1, -0.05) is 0 Å². The number of ether oxygens (including phenoxy) is 2. The van der Waals surface area contributed by atoms with Crippen LogP contribution in [0.15, 0.2) is 34.9 Å². The van der Waals surface area contributed by atoms with Gasteiger partial charge in [0.05, 0.1) is 27.0 Å². The van der Waals surface area contributed by atoms with Crippen molar-refractivity contribution in [3.63, 3.8) is 0 Å². The summed E-state index contributed by atoms with van der Waals surface area (Å²) in [6.07, 6.45) is 2.15. The van der Waals surface area contributed by atoms with Crippen molar-refractivity contribution in [1.29, 1.82) is 0 Å². The van der Waals surface area contributed by atoms with Crippen LogP contribution in [0.3, 0.4) is 0 Å². The fraction of sp³-hybridized carbons (Fsp3) is 0.333. The second-order valence-corrected chi connectivity index (χ2v) is 5.70. The molecule has 0 bridgehead atoms. The van der Waals surface area contributed by atoms with Crippen molar-refractivity contribution >= 4 is 11.8 Å². The van der Waals surface area contributed by atoms with Crippen molar-refractivity contribution in [3.8, 4) is 11.5 Å². The van der Waals surface area contributed by atoms with Crippen LogP contribution in [0.5, 0.6) is 11.5 Å². The number of benzene rings is 1. The zero-order valence-corrected chi connectivity index (χ0v) is 14.2. The van der Waals surface area contributed by atoms with Gasteiger partial charge in [-0.05, 0) is 41.8 Å². The Morgan fingerprint density at radius 3 is 2.56 bits per heavy atom. The SMILES string of the molecule is COc1cc2c(cc1OC)CN(C(=O)CNC(=O)c1ccco1)CC2. The van der Waals surface area contributed by atoms with E-state index in [9.17, 15) is 9.59 Å². The number of hydrogen-bond acceptors (Lipinski definition) is 5. The molecule has 2 amide bonds. The van der Waals surface area contributed by atoms with Crippen LogP contribution in [-0.4, -0.2) is 44.0 Å². The lowest BCUT2D eigenvalue weighted by molar-refractivity contribution is -0.131. The van der Waals surface area contributed by atoms with Crippen LogP contribution in [0, 0.1) is 0 Å². The van der Waals surface area contributed by atoms with Crippen LogP contribution in [0.2, 0.25) is 0 Å². The van der Waals surface area contributed by atoms with Gasteiger partial charge in [-0.25, -0.2) is 0 Å². The second kappa shape index (κ2) is 7.29. The number of methoxy groups -OCH3 is 2. The highest BCUT2D eigenvalue weighted by molar-refractivity contribution is 5.94. The molecule has 1 aliphatic heterocycles. The number of furan rings is 1. The van der Waals surface area contributed by atoms with Crippen molar-refractivity contribution in [2.75, 3.05) is 27.3 Å². The molecule has 0 radical (unpaired) electrons. The highest BCUT2D eigenvalue weighted by Crippen LogP contribution is 2.33. The van der Waals surface area contributed by atoms with Crippen molar-refractivity contribution in [3.05, 3.63) is 47.4 Å². The molecule has 0 fully saturated rings. The Hall–Kier alpha value is -2.96. The zero-order valence-electron chi connectivity index (χ0n) is 14.2. The number of hydrogen-bond donors (Lipinski definition) is 1. The predicted molar refractivity (Wildman–Crippen MR) is 89.7 cm³/mol. The minimum atomic E-state index is -0.401. The predicted octanol–water partition coefficient (Wildman–Crippen LogP) is 1.61. The van der Waals surface area contributed by atoms with Gasteiger partial charge >= 0.3 is 0 Å². The van der Waals surface area contributed by atoms with Crippen LogP contribution in [0.4, 0.5) is 0 Å². The van der Waals surface area contributed by atoms with Crippen molar-refractivity contribution in [1.82, 2.24) is 10.2 Å². The van der Waals surface area contributed by atoms with Gasteiger partial charge in [-0.2, -0.15) is 0 Å². The van der Waals surface area contributed by atoms with Crippen LogP contribution in [-0.2, 0) is 17.8 Å². The highest BCUT2D eigenvalue weighted by atomic mass is 16.5.